The zero-order valence-corrected chi connectivity index (χ0v) is 11.4. The number of alkyl halides is 1. The van der Waals surface area contributed by atoms with Crippen LogP contribution >= 0.6 is 31.9 Å². The number of carbonyl (C=O) groups is 1. The van der Waals surface area contributed by atoms with E-state index in [2.05, 4.69) is 36.6 Å². The molecule has 5 heteroatoms. The Hall–Kier alpha value is -0.420. The van der Waals surface area contributed by atoms with E-state index in [1.54, 1.807) is 6.07 Å². The lowest BCUT2D eigenvalue weighted by atomic mass is 10.1. The maximum absolute atomic E-state index is 13.2. The molecule has 1 aromatic carbocycles. The van der Waals surface area contributed by atoms with E-state index in [9.17, 15) is 9.18 Å². The average Bonchev–Trinajstić information content (AvgIpc) is 2.20. The zero-order chi connectivity index (χ0) is 11.6. The maximum Gasteiger partial charge on any atom is 0.338 e. The summed E-state index contributed by atoms with van der Waals surface area (Å²) in [5, 5.41) is 0. The molecule has 2 nitrogen and oxygen atoms in total. The number of esters is 1. The first-order chi connectivity index (χ1) is 6.97. The van der Waals surface area contributed by atoms with Crippen LogP contribution in [0.4, 0.5) is 4.39 Å². The third kappa shape index (κ3) is 2.78. The molecule has 0 aliphatic heterocycles. The normalized spacial score (nSPS) is 12.3. The second kappa shape index (κ2) is 5.07. The van der Waals surface area contributed by atoms with Gasteiger partial charge in [-0.2, -0.15) is 0 Å². The molecule has 0 saturated carbocycles. The van der Waals surface area contributed by atoms with Gasteiger partial charge in [0.05, 0.1) is 17.1 Å². The number of benzene rings is 1. The number of methoxy groups -OCH3 is 1. The SMILES string of the molecule is COC(=O)c1cc(F)c(Br)cc1C(C)Br. The third-order valence-corrected chi connectivity index (χ3v) is 3.03. The van der Waals surface area contributed by atoms with E-state index in [1.807, 2.05) is 6.92 Å². The lowest BCUT2D eigenvalue weighted by Gasteiger charge is -2.11. The summed E-state index contributed by atoms with van der Waals surface area (Å²) in [4.78, 5) is 11.3. The second-order valence-corrected chi connectivity index (χ2v) is 5.19. The second-order valence-electron chi connectivity index (χ2n) is 2.96. The van der Waals surface area contributed by atoms with E-state index >= 15 is 0 Å². The molecular weight excluding hydrogens is 331 g/mol. The molecule has 1 rings (SSSR count). The average molecular weight is 340 g/mol. The monoisotopic (exact) mass is 338 g/mol. The van der Waals surface area contributed by atoms with Crippen LogP contribution in [0, 0.1) is 5.82 Å². The van der Waals surface area contributed by atoms with Crippen molar-refractivity contribution in [1.82, 2.24) is 0 Å². The van der Waals surface area contributed by atoms with Crippen LogP contribution in [0.5, 0.6) is 0 Å². The van der Waals surface area contributed by atoms with E-state index in [0.29, 0.717) is 10.0 Å². The molecule has 1 unspecified atom stereocenters. The van der Waals surface area contributed by atoms with Crippen LogP contribution in [-0.2, 0) is 4.74 Å². The first-order valence-corrected chi connectivity index (χ1v) is 5.89. The highest BCUT2D eigenvalue weighted by molar-refractivity contribution is 9.10. The predicted molar refractivity (Wildman–Crippen MR) is 62.8 cm³/mol. The van der Waals surface area contributed by atoms with E-state index in [0.717, 1.165) is 0 Å². The van der Waals surface area contributed by atoms with Gasteiger partial charge in [-0.05, 0) is 40.5 Å². The predicted octanol–water partition coefficient (Wildman–Crippen LogP) is 3.83. The highest BCUT2D eigenvalue weighted by atomic mass is 79.9. The highest BCUT2D eigenvalue weighted by Gasteiger charge is 2.18. The summed E-state index contributed by atoms with van der Waals surface area (Å²) in [7, 11) is 1.27. The van der Waals surface area contributed by atoms with E-state index in [4.69, 9.17) is 0 Å². The lowest BCUT2D eigenvalue weighted by molar-refractivity contribution is 0.0599. The van der Waals surface area contributed by atoms with Crippen molar-refractivity contribution >= 4 is 37.8 Å². The van der Waals surface area contributed by atoms with Crippen molar-refractivity contribution in [1.29, 1.82) is 0 Å². The Morgan fingerprint density at radius 1 is 1.53 bits per heavy atom. The zero-order valence-electron chi connectivity index (χ0n) is 8.18. The van der Waals surface area contributed by atoms with Gasteiger partial charge >= 0.3 is 5.97 Å². The fraction of sp³-hybridized carbons (Fsp3) is 0.300. The topological polar surface area (TPSA) is 26.3 Å². The summed E-state index contributed by atoms with van der Waals surface area (Å²) < 4.78 is 18.2. The minimum absolute atomic E-state index is 0.0523. The van der Waals surface area contributed by atoms with Crippen molar-refractivity contribution in [3.05, 3.63) is 33.5 Å². The summed E-state index contributed by atoms with van der Waals surface area (Å²) >= 11 is 6.41. The van der Waals surface area contributed by atoms with E-state index in [1.165, 1.54) is 13.2 Å². The summed E-state index contributed by atoms with van der Waals surface area (Å²) in [6.07, 6.45) is 0. The van der Waals surface area contributed by atoms with Crippen molar-refractivity contribution in [2.24, 2.45) is 0 Å². The van der Waals surface area contributed by atoms with E-state index < -0.39 is 11.8 Å². The number of halogens is 3. The van der Waals surface area contributed by atoms with Crippen molar-refractivity contribution in [3.63, 3.8) is 0 Å². The Labute approximate surface area is 104 Å². The molecule has 0 aliphatic rings. The van der Waals surface area contributed by atoms with Gasteiger partial charge in [0.25, 0.3) is 0 Å². The molecular formula is C10H9Br2FO2. The van der Waals surface area contributed by atoms with Crippen LogP contribution in [0.15, 0.2) is 16.6 Å². The van der Waals surface area contributed by atoms with Gasteiger partial charge < -0.3 is 4.74 Å². The van der Waals surface area contributed by atoms with Crippen molar-refractivity contribution in [2.45, 2.75) is 11.8 Å². The van der Waals surface area contributed by atoms with Gasteiger partial charge in [0, 0.05) is 4.83 Å². The molecule has 0 radical (unpaired) electrons. The molecule has 0 heterocycles. The van der Waals surface area contributed by atoms with Gasteiger partial charge in [-0.25, -0.2) is 9.18 Å². The van der Waals surface area contributed by atoms with Crippen LogP contribution < -0.4 is 0 Å². The van der Waals surface area contributed by atoms with Gasteiger partial charge in [-0.15, -0.1) is 0 Å². The van der Waals surface area contributed by atoms with Gasteiger partial charge in [0.2, 0.25) is 0 Å². The van der Waals surface area contributed by atoms with E-state index in [-0.39, 0.29) is 10.4 Å². The maximum atomic E-state index is 13.2. The van der Waals surface area contributed by atoms with Gasteiger partial charge in [0.15, 0.2) is 0 Å². The molecule has 0 saturated heterocycles. The minimum atomic E-state index is -0.539. The summed E-state index contributed by atoms with van der Waals surface area (Å²) in [5.74, 6) is -1.02. The van der Waals surface area contributed by atoms with Crippen molar-refractivity contribution < 1.29 is 13.9 Å². The number of hydrogen-bond donors (Lipinski definition) is 0. The van der Waals surface area contributed by atoms with Crippen LogP contribution in [0.1, 0.15) is 27.7 Å². The quantitative estimate of drug-likeness (QED) is 0.604. The Morgan fingerprint density at radius 2 is 2.13 bits per heavy atom. The molecule has 0 bridgehead atoms. The smallest absolute Gasteiger partial charge is 0.338 e. The Morgan fingerprint density at radius 3 is 2.60 bits per heavy atom. The molecule has 0 aromatic heterocycles. The van der Waals surface area contributed by atoms with Crippen LogP contribution in [0.2, 0.25) is 0 Å². The van der Waals surface area contributed by atoms with Gasteiger partial charge in [-0.3, -0.25) is 0 Å². The highest BCUT2D eigenvalue weighted by Crippen LogP contribution is 2.30. The Bertz CT molecular complexity index is 391. The van der Waals surface area contributed by atoms with Crippen molar-refractivity contribution in [3.8, 4) is 0 Å². The molecule has 0 amide bonds. The number of rotatable bonds is 2. The van der Waals surface area contributed by atoms with Gasteiger partial charge in [-0.1, -0.05) is 15.9 Å². The fourth-order valence-electron chi connectivity index (χ4n) is 1.18. The lowest BCUT2D eigenvalue weighted by Crippen LogP contribution is -2.07. The summed E-state index contributed by atoms with van der Waals surface area (Å²) in [6.45, 7) is 1.85. The molecule has 82 valence electrons. The molecule has 1 aromatic rings. The van der Waals surface area contributed by atoms with Crippen LogP contribution in [0.3, 0.4) is 0 Å². The summed E-state index contributed by atoms with van der Waals surface area (Å²) in [5.41, 5.74) is 0.928. The first-order valence-electron chi connectivity index (χ1n) is 4.18. The number of carbonyl (C=O) groups excluding carboxylic acids is 1. The molecule has 1 atom stereocenters. The van der Waals surface area contributed by atoms with Gasteiger partial charge in [0.1, 0.15) is 5.82 Å². The van der Waals surface area contributed by atoms with Crippen LogP contribution in [-0.4, -0.2) is 13.1 Å². The number of ether oxygens (including phenoxy) is 1. The first kappa shape index (κ1) is 12.6. The standard InChI is InChI=1S/C10H9Br2FO2/c1-5(11)6-3-8(12)9(13)4-7(6)10(14)15-2/h3-5H,1-2H3. The van der Waals surface area contributed by atoms with Crippen LogP contribution in [0.25, 0.3) is 0 Å². The Balaban J connectivity index is 3.34. The molecule has 0 aliphatic carbocycles. The minimum Gasteiger partial charge on any atom is -0.465 e. The third-order valence-electron chi connectivity index (χ3n) is 1.93. The summed E-state index contributed by atoms with van der Waals surface area (Å²) in [6, 6.07) is 2.74. The Kier molecular flexibility index (Phi) is 4.28. The van der Waals surface area contributed by atoms with Crippen molar-refractivity contribution in [2.75, 3.05) is 7.11 Å². The molecule has 0 N–H and O–H groups in total. The fourth-order valence-corrected chi connectivity index (χ4v) is 1.92. The number of hydrogen-bond acceptors (Lipinski definition) is 2. The molecule has 15 heavy (non-hydrogen) atoms. The molecule has 0 fully saturated rings. The molecule has 0 spiro atoms. The largest absolute Gasteiger partial charge is 0.465 e.